The third kappa shape index (κ3) is 2.53. The number of aromatic amines is 1. The van der Waals surface area contributed by atoms with E-state index >= 15 is 0 Å². The first kappa shape index (κ1) is 15.1. The van der Waals surface area contributed by atoms with Gasteiger partial charge in [0.2, 0.25) is 0 Å². The third-order valence-corrected chi connectivity index (χ3v) is 4.82. The number of thioether (sulfide) groups is 1. The van der Waals surface area contributed by atoms with Crippen LogP contribution in [0.3, 0.4) is 0 Å². The van der Waals surface area contributed by atoms with Crippen LogP contribution in [0.25, 0.3) is 22.1 Å². The number of hydrogen-bond donors (Lipinski definition) is 1. The van der Waals surface area contributed by atoms with E-state index in [1.807, 2.05) is 54.2 Å². The average Bonchev–Trinajstić information content (AvgIpc) is 3.11. The fourth-order valence-electron chi connectivity index (χ4n) is 3.08. The van der Waals surface area contributed by atoms with Crippen LogP contribution >= 0.6 is 11.8 Å². The van der Waals surface area contributed by atoms with Gasteiger partial charge in [-0.2, -0.15) is 11.8 Å². The molecule has 2 aromatic carbocycles. The number of fused-ring (bicyclic) bond motifs is 2. The van der Waals surface area contributed by atoms with E-state index in [-0.39, 0.29) is 5.69 Å². The van der Waals surface area contributed by atoms with Crippen LogP contribution < -0.4 is 5.69 Å². The maximum atomic E-state index is 12.3. The van der Waals surface area contributed by atoms with Crippen LogP contribution in [0.15, 0.2) is 53.3 Å². The molecule has 122 valence electrons. The van der Waals surface area contributed by atoms with Crippen LogP contribution in [0, 0.1) is 0 Å². The molecule has 0 aliphatic heterocycles. The number of imidazole rings is 2. The van der Waals surface area contributed by atoms with Crippen LogP contribution in [0.4, 0.5) is 0 Å². The van der Waals surface area contributed by atoms with Crippen molar-refractivity contribution in [1.29, 1.82) is 0 Å². The number of nitrogens with one attached hydrogen (secondary N) is 1. The highest BCUT2D eigenvalue weighted by Crippen LogP contribution is 2.18. The summed E-state index contributed by atoms with van der Waals surface area (Å²) in [5.41, 5.74) is 3.76. The molecule has 0 atom stereocenters. The van der Waals surface area contributed by atoms with E-state index in [2.05, 4.69) is 21.9 Å². The van der Waals surface area contributed by atoms with Gasteiger partial charge in [-0.25, -0.2) is 9.78 Å². The zero-order valence-electron chi connectivity index (χ0n) is 13.4. The smallest absolute Gasteiger partial charge is 0.326 e. The molecule has 6 heteroatoms. The predicted molar refractivity (Wildman–Crippen MR) is 99.8 cm³/mol. The van der Waals surface area contributed by atoms with E-state index in [4.69, 9.17) is 4.98 Å². The minimum Gasteiger partial charge on any atom is -0.326 e. The molecular formula is C18H18N4OS. The first-order valence-electron chi connectivity index (χ1n) is 7.88. The second-order valence-corrected chi connectivity index (χ2v) is 6.68. The molecule has 1 N–H and O–H groups in total. The molecule has 0 saturated heterocycles. The third-order valence-electron chi connectivity index (χ3n) is 4.23. The van der Waals surface area contributed by atoms with Crippen molar-refractivity contribution in [3.05, 3.63) is 64.8 Å². The number of aryl methyl sites for hydroxylation is 1. The Labute approximate surface area is 143 Å². The molecule has 0 bridgehead atoms. The highest BCUT2D eigenvalue weighted by Gasteiger charge is 2.13. The van der Waals surface area contributed by atoms with Crippen molar-refractivity contribution in [2.24, 2.45) is 0 Å². The molecule has 0 aliphatic rings. The topological polar surface area (TPSA) is 55.6 Å². The lowest BCUT2D eigenvalue weighted by atomic mass is 10.3. The Hall–Kier alpha value is -2.47. The Morgan fingerprint density at radius 1 is 1.04 bits per heavy atom. The summed E-state index contributed by atoms with van der Waals surface area (Å²) in [5, 5.41) is 0. The summed E-state index contributed by atoms with van der Waals surface area (Å²) in [6, 6.07) is 15.9. The molecule has 2 aromatic heterocycles. The van der Waals surface area contributed by atoms with E-state index in [0.717, 1.165) is 40.2 Å². The highest BCUT2D eigenvalue weighted by molar-refractivity contribution is 7.98. The molecule has 0 radical (unpaired) electrons. The fourth-order valence-corrected chi connectivity index (χ4v) is 3.45. The van der Waals surface area contributed by atoms with Crippen LogP contribution in [-0.2, 0) is 13.1 Å². The number of H-pyrrole nitrogens is 1. The van der Waals surface area contributed by atoms with Gasteiger partial charge in [0, 0.05) is 12.3 Å². The molecule has 24 heavy (non-hydrogen) atoms. The van der Waals surface area contributed by atoms with Crippen molar-refractivity contribution < 1.29 is 0 Å². The highest BCUT2D eigenvalue weighted by atomic mass is 32.2. The summed E-state index contributed by atoms with van der Waals surface area (Å²) >= 11 is 1.81. The Morgan fingerprint density at radius 3 is 2.62 bits per heavy atom. The van der Waals surface area contributed by atoms with Gasteiger partial charge >= 0.3 is 5.69 Å². The van der Waals surface area contributed by atoms with E-state index in [9.17, 15) is 4.79 Å². The van der Waals surface area contributed by atoms with Crippen molar-refractivity contribution in [2.75, 3.05) is 12.0 Å². The van der Waals surface area contributed by atoms with Gasteiger partial charge < -0.3 is 9.55 Å². The minimum atomic E-state index is -0.0975. The summed E-state index contributed by atoms with van der Waals surface area (Å²) in [4.78, 5) is 20.0. The monoisotopic (exact) mass is 338 g/mol. The van der Waals surface area contributed by atoms with Gasteiger partial charge in [0.05, 0.1) is 28.6 Å². The normalized spacial score (nSPS) is 11.5. The lowest BCUT2D eigenvalue weighted by Crippen LogP contribution is -2.20. The lowest BCUT2D eigenvalue weighted by Gasteiger charge is -2.09. The maximum absolute atomic E-state index is 12.3. The molecule has 0 spiro atoms. The van der Waals surface area contributed by atoms with Gasteiger partial charge in [0.1, 0.15) is 5.82 Å². The van der Waals surface area contributed by atoms with Gasteiger partial charge in [-0.05, 0) is 30.5 Å². The fraction of sp³-hybridized carbons (Fsp3) is 0.222. The van der Waals surface area contributed by atoms with Crippen LogP contribution in [0.1, 0.15) is 5.82 Å². The summed E-state index contributed by atoms with van der Waals surface area (Å²) in [5.74, 6) is 1.92. The van der Waals surface area contributed by atoms with Gasteiger partial charge in [0.15, 0.2) is 0 Å². The first-order chi connectivity index (χ1) is 11.8. The summed E-state index contributed by atoms with van der Waals surface area (Å²) in [6.07, 6.45) is 2.10. The largest absolute Gasteiger partial charge is 0.326 e. The summed E-state index contributed by atoms with van der Waals surface area (Å²) < 4.78 is 3.98. The molecule has 0 amide bonds. The average molecular weight is 338 g/mol. The molecular weight excluding hydrogens is 320 g/mol. The Kier molecular flexibility index (Phi) is 3.90. The number of rotatable bonds is 5. The molecule has 0 saturated carbocycles. The van der Waals surface area contributed by atoms with Gasteiger partial charge in [-0.15, -0.1) is 0 Å². The number of aromatic nitrogens is 4. The zero-order valence-corrected chi connectivity index (χ0v) is 14.2. The summed E-state index contributed by atoms with van der Waals surface area (Å²) in [7, 11) is 0. The molecule has 5 nitrogen and oxygen atoms in total. The van der Waals surface area contributed by atoms with E-state index in [1.54, 1.807) is 4.57 Å². The van der Waals surface area contributed by atoms with Crippen molar-refractivity contribution in [3.63, 3.8) is 0 Å². The van der Waals surface area contributed by atoms with Gasteiger partial charge in [-0.1, -0.05) is 24.3 Å². The van der Waals surface area contributed by atoms with Gasteiger partial charge in [0.25, 0.3) is 0 Å². The van der Waals surface area contributed by atoms with Crippen molar-refractivity contribution in [1.82, 2.24) is 19.1 Å². The molecule has 0 unspecified atom stereocenters. The van der Waals surface area contributed by atoms with Crippen molar-refractivity contribution in [3.8, 4) is 0 Å². The predicted octanol–water partition coefficient (Wildman–Crippen LogP) is 3.09. The number of hydrogen-bond acceptors (Lipinski definition) is 3. The van der Waals surface area contributed by atoms with Gasteiger partial charge in [-0.3, -0.25) is 4.57 Å². The Morgan fingerprint density at radius 2 is 1.79 bits per heavy atom. The number of nitrogens with zero attached hydrogens (tertiary/aromatic N) is 3. The van der Waals surface area contributed by atoms with E-state index in [0.29, 0.717) is 6.54 Å². The standard InChI is InChI=1S/C18H18N4OS/c1-24-11-10-21-15-8-4-2-6-13(15)19-17(21)12-22-16-9-5-3-7-14(16)20-18(22)23/h2-9H,10-12H2,1H3,(H,20,23). The van der Waals surface area contributed by atoms with E-state index < -0.39 is 0 Å². The number of para-hydroxylation sites is 4. The molecule has 0 aliphatic carbocycles. The van der Waals surface area contributed by atoms with Crippen LogP contribution in [0.2, 0.25) is 0 Å². The SMILES string of the molecule is CSCCn1c(Cn2c(=O)[nH]c3ccccc32)nc2ccccc21. The lowest BCUT2D eigenvalue weighted by molar-refractivity contribution is 0.665. The summed E-state index contributed by atoms with van der Waals surface area (Å²) in [6.45, 7) is 1.35. The Bertz CT molecular complexity index is 1060. The maximum Gasteiger partial charge on any atom is 0.326 e. The molecule has 2 heterocycles. The number of benzene rings is 2. The molecule has 4 aromatic rings. The molecule has 0 fully saturated rings. The zero-order chi connectivity index (χ0) is 16.5. The first-order valence-corrected chi connectivity index (χ1v) is 9.28. The Balaban J connectivity index is 1.84. The van der Waals surface area contributed by atoms with Crippen molar-refractivity contribution >= 4 is 33.8 Å². The molecule has 4 rings (SSSR count). The second-order valence-electron chi connectivity index (χ2n) is 5.69. The van der Waals surface area contributed by atoms with Crippen LogP contribution in [-0.4, -0.2) is 31.1 Å². The minimum absolute atomic E-state index is 0.0975. The second kappa shape index (κ2) is 6.20. The van der Waals surface area contributed by atoms with Crippen molar-refractivity contribution in [2.45, 2.75) is 13.1 Å². The quantitative estimate of drug-likeness (QED) is 0.608. The van der Waals surface area contributed by atoms with Crippen LogP contribution in [0.5, 0.6) is 0 Å². The van der Waals surface area contributed by atoms with E-state index in [1.165, 1.54) is 0 Å².